The number of fused-ring (bicyclic) bond motifs is 4. The van der Waals surface area contributed by atoms with Gasteiger partial charge in [-0.3, -0.25) is 0 Å². The van der Waals surface area contributed by atoms with E-state index in [0.717, 1.165) is 12.8 Å². The molecule has 0 saturated heterocycles. The predicted molar refractivity (Wildman–Crippen MR) is 249 cm³/mol. The van der Waals surface area contributed by atoms with Crippen molar-refractivity contribution >= 4 is 65.9 Å². The van der Waals surface area contributed by atoms with E-state index in [1.165, 1.54) is 132 Å². The first kappa shape index (κ1) is 32.6. The fraction of sp³-hybridized carbons (Fsp3) is 0.138. The zero-order valence-electron chi connectivity index (χ0n) is 33.4. The van der Waals surface area contributed by atoms with Gasteiger partial charge in [-0.25, -0.2) is 0 Å². The summed E-state index contributed by atoms with van der Waals surface area (Å²) in [6.07, 6.45) is 9.13. The van der Waals surface area contributed by atoms with Gasteiger partial charge >= 0.3 is 0 Å². The van der Waals surface area contributed by atoms with Crippen LogP contribution >= 0.6 is 0 Å². The van der Waals surface area contributed by atoms with E-state index in [0.29, 0.717) is 0 Å². The average molecular weight is 739 g/mol. The van der Waals surface area contributed by atoms with E-state index >= 15 is 0 Å². The van der Waals surface area contributed by atoms with Crippen LogP contribution in [0.3, 0.4) is 0 Å². The van der Waals surface area contributed by atoms with Gasteiger partial charge in [-0.05, 0) is 157 Å². The number of hydrogen-bond donors (Lipinski definition) is 0. The van der Waals surface area contributed by atoms with E-state index in [-0.39, 0.29) is 10.8 Å². The van der Waals surface area contributed by atoms with Crippen molar-refractivity contribution in [2.24, 2.45) is 0 Å². The predicted octanol–water partition coefficient (Wildman–Crippen LogP) is 15.6. The normalized spacial score (nSPS) is 16.7. The molecule has 0 heterocycles. The molecule has 0 N–H and O–H groups in total. The van der Waals surface area contributed by atoms with Crippen LogP contribution in [-0.4, -0.2) is 0 Å². The Bertz CT molecular complexity index is 3390. The molecule has 4 aliphatic carbocycles. The van der Waals surface area contributed by atoms with E-state index in [9.17, 15) is 0 Å². The van der Waals surface area contributed by atoms with Crippen LogP contribution in [0.25, 0.3) is 99.3 Å². The van der Waals surface area contributed by atoms with Crippen molar-refractivity contribution in [1.29, 1.82) is 0 Å². The Kier molecular flexibility index (Phi) is 6.24. The van der Waals surface area contributed by atoms with Gasteiger partial charge in [0.05, 0.1) is 0 Å². The van der Waals surface area contributed by atoms with Crippen molar-refractivity contribution in [1.82, 2.24) is 0 Å². The second kappa shape index (κ2) is 11.1. The van der Waals surface area contributed by atoms with Crippen LogP contribution in [0.15, 0.2) is 152 Å². The molecule has 13 rings (SSSR count). The highest BCUT2D eigenvalue weighted by Crippen LogP contribution is 2.63. The third-order valence-corrected chi connectivity index (χ3v) is 14.6. The van der Waals surface area contributed by atoms with E-state index in [4.69, 9.17) is 0 Å². The van der Waals surface area contributed by atoms with Crippen molar-refractivity contribution in [2.45, 2.75) is 51.4 Å². The molecule has 0 saturated carbocycles. The molecule has 274 valence electrons. The summed E-state index contributed by atoms with van der Waals surface area (Å²) in [7, 11) is 0. The molecule has 0 spiro atoms. The number of benzene rings is 9. The Hall–Kier alpha value is -6.50. The van der Waals surface area contributed by atoms with Crippen LogP contribution in [0.5, 0.6) is 0 Å². The third kappa shape index (κ3) is 4.15. The van der Waals surface area contributed by atoms with Crippen LogP contribution in [-0.2, 0) is 17.3 Å². The first-order valence-electron chi connectivity index (χ1n) is 21.0. The Labute approximate surface area is 339 Å². The monoisotopic (exact) mass is 738 g/mol. The fourth-order valence-electron chi connectivity index (χ4n) is 11.8. The molecule has 0 bridgehead atoms. The summed E-state index contributed by atoms with van der Waals surface area (Å²) in [4.78, 5) is 0. The Morgan fingerprint density at radius 2 is 0.983 bits per heavy atom. The molecule has 0 heteroatoms. The quantitative estimate of drug-likeness (QED) is 0.158. The van der Waals surface area contributed by atoms with Gasteiger partial charge in [0.15, 0.2) is 0 Å². The van der Waals surface area contributed by atoms with Crippen LogP contribution in [0.2, 0.25) is 0 Å². The summed E-state index contributed by atoms with van der Waals surface area (Å²) in [6.45, 7) is 9.80. The Morgan fingerprint density at radius 1 is 0.431 bits per heavy atom. The summed E-state index contributed by atoms with van der Waals surface area (Å²) in [5.74, 6) is 0. The van der Waals surface area contributed by atoms with Gasteiger partial charge in [-0.1, -0.05) is 173 Å². The average Bonchev–Trinajstić information content (AvgIpc) is 3.65. The molecule has 9 aromatic carbocycles. The molecule has 0 atom stereocenters. The van der Waals surface area contributed by atoms with Crippen LogP contribution in [0.1, 0.15) is 73.1 Å². The lowest BCUT2D eigenvalue weighted by Crippen LogP contribution is -2.19. The summed E-state index contributed by atoms with van der Waals surface area (Å²) >= 11 is 0. The lowest BCUT2D eigenvalue weighted by molar-refractivity contribution is 0.694. The highest BCUT2D eigenvalue weighted by Gasteiger charge is 2.49. The van der Waals surface area contributed by atoms with Gasteiger partial charge in [0.1, 0.15) is 0 Å². The molecule has 0 radical (unpaired) electrons. The third-order valence-electron chi connectivity index (χ3n) is 14.6. The van der Waals surface area contributed by atoms with Gasteiger partial charge in [-0.2, -0.15) is 0 Å². The Balaban J connectivity index is 0.861. The molecule has 0 aromatic heterocycles. The lowest BCUT2D eigenvalue weighted by Gasteiger charge is -2.29. The molecule has 0 aliphatic heterocycles. The van der Waals surface area contributed by atoms with E-state index in [1.807, 2.05) is 0 Å². The zero-order valence-corrected chi connectivity index (χ0v) is 33.4. The maximum atomic E-state index is 2.52. The topological polar surface area (TPSA) is 0 Å². The standard InChI is InChI=1S/C58H42/c1-57(2)49-31-41(33-11-13-34(14-12-33)43-25-19-39-17-15-35-7-5-9-37-21-27-45(43)53(39)51(35)37)23-29-47(49)55-56(57)48-30-24-42(32-50(48)58(55,3)4)44-26-20-40-18-16-36-8-6-10-38-22-28-46(44)54(40)52(36)38/h5-7,9-17,19-32H,8,18H2,1-4H3. The van der Waals surface area contributed by atoms with E-state index < -0.39 is 0 Å². The van der Waals surface area contributed by atoms with Gasteiger partial charge < -0.3 is 0 Å². The lowest BCUT2D eigenvalue weighted by atomic mass is 9.74. The molecule has 0 unspecified atom stereocenters. The second-order valence-corrected chi connectivity index (χ2v) is 18.3. The summed E-state index contributed by atoms with van der Waals surface area (Å²) in [5, 5.41) is 10.8. The van der Waals surface area contributed by atoms with Crippen molar-refractivity contribution in [3.63, 3.8) is 0 Å². The second-order valence-electron chi connectivity index (χ2n) is 18.3. The minimum atomic E-state index is -0.118. The molecule has 4 aliphatic rings. The Morgan fingerprint density at radius 3 is 1.74 bits per heavy atom. The first-order valence-corrected chi connectivity index (χ1v) is 21.0. The van der Waals surface area contributed by atoms with Crippen LogP contribution < -0.4 is 0 Å². The van der Waals surface area contributed by atoms with Crippen molar-refractivity contribution in [3.05, 3.63) is 191 Å². The van der Waals surface area contributed by atoms with E-state index in [2.05, 4.69) is 185 Å². The maximum Gasteiger partial charge on any atom is 0.0162 e. The van der Waals surface area contributed by atoms with Crippen LogP contribution in [0.4, 0.5) is 0 Å². The first-order chi connectivity index (χ1) is 28.3. The van der Waals surface area contributed by atoms with Gasteiger partial charge in [0.25, 0.3) is 0 Å². The fourth-order valence-corrected chi connectivity index (χ4v) is 11.8. The van der Waals surface area contributed by atoms with Gasteiger partial charge in [0.2, 0.25) is 0 Å². The highest BCUT2D eigenvalue weighted by molar-refractivity contribution is 6.25. The summed E-state index contributed by atoms with van der Waals surface area (Å²) in [5.41, 5.74) is 22.0. The molecule has 0 fully saturated rings. The molecule has 58 heavy (non-hydrogen) atoms. The minimum Gasteiger partial charge on any atom is -0.0795 e. The van der Waals surface area contributed by atoms with Gasteiger partial charge in [-0.15, -0.1) is 0 Å². The van der Waals surface area contributed by atoms with E-state index in [1.54, 1.807) is 0 Å². The largest absolute Gasteiger partial charge is 0.0795 e. The van der Waals surface area contributed by atoms with Crippen molar-refractivity contribution < 1.29 is 0 Å². The van der Waals surface area contributed by atoms with Crippen LogP contribution in [0, 0.1) is 0 Å². The highest BCUT2D eigenvalue weighted by atomic mass is 14.5. The smallest absolute Gasteiger partial charge is 0.0162 e. The van der Waals surface area contributed by atoms with Gasteiger partial charge in [0, 0.05) is 10.8 Å². The van der Waals surface area contributed by atoms with Crippen molar-refractivity contribution in [3.8, 4) is 33.4 Å². The SMILES string of the molecule is CC1(C)C2=C(c3ccc(-c4ccc(-c5ccc6ccc7cccc8ccc5c6c78)cc4)cc31)C(C)(C)c1cc(-c3ccc4c5c6c(ccc35)C=CCC6=CC4)ccc12. The molecule has 0 amide bonds. The minimum absolute atomic E-state index is 0.117. The molecule has 9 aromatic rings. The number of allylic oxidation sites excluding steroid dienone is 5. The molecular formula is C58H42. The number of hydrogen-bond acceptors (Lipinski definition) is 0. The van der Waals surface area contributed by atoms with Crippen molar-refractivity contribution in [2.75, 3.05) is 0 Å². The maximum absolute atomic E-state index is 2.52. The molecule has 0 nitrogen and oxygen atoms in total. The summed E-state index contributed by atoms with van der Waals surface area (Å²) < 4.78 is 0. The molecular weight excluding hydrogens is 697 g/mol. The summed E-state index contributed by atoms with van der Waals surface area (Å²) in [6, 6.07) is 53.7. The zero-order chi connectivity index (χ0) is 38.7. The number of rotatable bonds is 3.